The monoisotopic (exact) mass is 347 g/mol. The van der Waals surface area contributed by atoms with Crippen molar-refractivity contribution < 1.29 is 9.90 Å². The average Bonchev–Trinajstić information content (AvgIpc) is 2.90. The van der Waals surface area contributed by atoms with Gasteiger partial charge in [-0.3, -0.25) is 0 Å². The molecule has 0 spiro atoms. The Labute approximate surface area is 147 Å². The standard InChI is InChI=1S/C18H25N3O2S/c1-13-17(24-14(2)20-13)10-11-19-18(23)21-16(9-6-12-22)15-7-4-3-5-8-15/h3-5,7-8,16,22H,6,9-12H2,1-2H3,(H2,19,21,23). The van der Waals surface area contributed by atoms with E-state index in [1.165, 1.54) is 4.88 Å². The van der Waals surface area contributed by atoms with Crippen molar-refractivity contribution in [1.82, 2.24) is 15.6 Å². The van der Waals surface area contributed by atoms with Gasteiger partial charge in [0.05, 0.1) is 16.7 Å². The van der Waals surface area contributed by atoms with Crippen molar-refractivity contribution in [3.63, 3.8) is 0 Å². The normalized spacial score (nSPS) is 12.0. The van der Waals surface area contributed by atoms with Gasteiger partial charge in [0.2, 0.25) is 0 Å². The number of aliphatic hydroxyl groups excluding tert-OH is 1. The zero-order valence-corrected chi connectivity index (χ0v) is 15.0. The maximum absolute atomic E-state index is 12.2. The molecule has 0 bridgehead atoms. The van der Waals surface area contributed by atoms with E-state index in [-0.39, 0.29) is 18.7 Å². The number of thiazole rings is 1. The van der Waals surface area contributed by atoms with Crippen molar-refractivity contribution in [2.45, 2.75) is 39.2 Å². The molecule has 2 aromatic rings. The van der Waals surface area contributed by atoms with Crippen LogP contribution in [0.1, 0.15) is 40.0 Å². The van der Waals surface area contributed by atoms with E-state index in [4.69, 9.17) is 5.11 Å². The lowest BCUT2D eigenvalue weighted by Crippen LogP contribution is -2.39. The third-order valence-corrected chi connectivity index (χ3v) is 4.93. The molecule has 1 unspecified atom stereocenters. The fraction of sp³-hybridized carbons (Fsp3) is 0.444. The van der Waals surface area contributed by atoms with Gasteiger partial charge < -0.3 is 15.7 Å². The van der Waals surface area contributed by atoms with Crippen LogP contribution in [-0.4, -0.2) is 29.3 Å². The van der Waals surface area contributed by atoms with Crippen LogP contribution in [0.5, 0.6) is 0 Å². The van der Waals surface area contributed by atoms with Crippen LogP contribution in [0.15, 0.2) is 30.3 Å². The summed E-state index contributed by atoms with van der Waals surface area (Å²) in [6, 6.07) is 9.57. The van der Waals surface area contributed by atoms with Gasteiger partial charge in [-0.15, -0.1) is 11.3 Å². The maximum atomic E-state index is 12.2. The molecule has 3 N–H and O–H groups in total. The van der Waals surface area contributed by atoms with Gasteiger partial charge >= 0.3 is 6.03 Å². The molecule has 24 heavy (non-hydrogen) atoms. The number of hydrogen-bond acceptors (Lipinski definition) is 4. The van der Waals surface area contributed by atoms with Gasteiger partial charge in [0, 0.05) is 24.4 Å². The number of rotatable bonds is 8. The SMILES string of the molecule is Cc1nc(C)c(CCNC(=O)NC(CCCO)c2ccccc2)s1. The van der Waals surface area contributed by atoms with E-state index in [1.807, 2.05) is 44.2 Å². The van der Waals surface area contributed by atoms with Gasteiger partial charge in [0.25, 0.3) is 0 Å². The Balaban J connectivity index is 1.84. The highest BCUT2D eigenvalue weighted by molar-refractivity contribution is 7.11. The number of nitrogens with zero attached hydrogens (tertiary/aromatic N) is 1. The molecule has 0 saturated heterocycles. The van der Waals surface area contributed by atoms with Crippen molar-refractivity contribution in [3.8, 4) is 0 Å². The summed E-state index contributed by atoms with van der Waals surface area (Å²) >= 11 is 1.68. The Morgan fingerprint density at radius 1 is 1.29 bits per heavy atom. The first kappa shape index (κ1) is 18.4. The number of urea groups is 1. The van der Waals surface area contributed by atoms with Crippen LogP contribution in [0.25, 0.3) is 0 Å². The largest absolute Gasteiger partial charge is 0.396 e. The van der Waals surface area contributed by atoms with Gasteiger partial charge in [-0.2, -0.15) is 0 Å². The van der Waals surface area contributed by atoms with Crippen molar-refractivity contribution >= 4 is 17.4 Å². The van der Waals surface area contributed by atoms with Crippen molar-refractivity contribution in [3.05, 3.63) is 51.5 Å². The molecular weight excluding hydrogens is 322 g/mol. The summed E-state index contributed by atoms with van der Waals surface area (Å²) in [4.78, 5) is 17.8. The zero-order chi connectivity index (χ0) is 17.4. The summed E-state index contributed by atoms with van der Waals surface area (Å²) in [5, 5.41) is 16.0. The van der Waals surface area contributed by atoms with Crippen LogP contribution in [0.3, 0.4) is 0 Å². The number of aromatic nitrogens is 1. The lowest BCUT2D eigenvalue weighted by Gasteiger charge is -2.19. The molecule has 0 fully saturated rings. The minimum Gasteiger partial charge on any atom is -0.396 e. The van der Waals surface area contributed by atoms with Gasteiger partial charge in [0.1, 0.15) is 0 Å². The third kappa shape index (κ3) is 5.62. The van der Waals surface area contributed by atoms with Crippen LogP contribution in [-0.2, 0) is 6.42 Å². The van der Waals surface area contributed by atoms with Crippen LogP contribution < -0.4 is 10.6 Å². The smallest absolute Gasteiger partial charge is 0.315 e. The van der Waals surface area contributed by atoms with Gasteiger partial charge in [-0.05, 0) is 32.3 Å². The van der Waals surface area contributed by atoms with E-state index in [0.29, 0.717) is 19.4 Å². The van der Waals surface area contributed by atoms with Crippen LogP contribution >= 0.6 is 11.3 Å². The molecule has 0 aliphatic heterocycles. The lowest BCUT2D eigenvalue weighted by atomic mass is 10.0. The molecule has 1 atom stereocenters. The van der Waals surface area contributed by atoms with E-state index >= 15 is 0 Å². The zero-order valence-electron chi connectivity index (χ0n) is 14.2. The minimum absolute atomic E-state index is 0.0919. The number of carbonyl (C=O) groups is 1. The fourth-order valence-corrected chi connectivity index (χ4v) is 3.54. The average molecular weight is 347 g/mol. The molecule has 130 valence electrons. The second-order valence-electron chi connectivity index (χ2n) is 5.72. The summed E-state index contributed by atoms with van der Waals surface area (Å²) in [6.07, 6.45) is 2.15. The predicted octanol–water partition coefficient (Wildman–Crippen LogP) is 3.12. The Kier molecular flexibility index (Phi) is 7.21. The molecule has 0 aliphatic rings. The van der Waals surface area contributed by atoms with E-state index in [0.717, 1.165) is 22.7 Å². The van der Waals surface area contributed by atoms with Crippen molar-refractivity contribution in [2.75, 3.05) is 13.2 Å². The van der Waals surface area contributed by atoms with E-state index in [1.54, 1.807) is 11.3 Å². The summed E-state index contributed by atoms with van der Waals surface area (Å²) in [7, 11) is 0. The van der Waals surface area contributed by atoms with Crippen LogP contribution in [0, 0.1) is 13.8 Å². The molecule has 0 aliphatic carbocycles. The van der Waals surface area contributed by atoms with Gasteiger partial charge in [-0.1, -0.05) is 30.3 Å². The number of aryl methyl sites for hydroxylation is 2. The second-order valence-corrected chi connectivity index (χ2v) is 7.01. The number of benzene rings is 1. The van der Waals surface area contributed by atoms with E-state index < -0.39 is 0 Å². The molecule has 1 aromatic heterocycles. The summed E-state index contributed by atoms with van der Waals surface area (Å²) in [5.41, 5.74) is 2.10. The number of carbonyl (C=O) groups excluding carboxylic acids is 1. The Bertz CT molecular complexity index is 643. The lowest BCUT2D eigenvalue weighted by molar-refractivity contribution is 0.233. The fourth-order valence-electron chi connectivity index (χ4n) is 2.61. The number of nitrogens with one attached hydrogen (secondary N) is 2. The Morgan fingerprint density at radius 2 is 2.04 bits per heavy atom. The maximum Gasteiger partial charge on any atom is 0.315 e. The molecule has 2 rings (SSSR count). The topological polar surface area (TPSA) is 74.2 Å². The molecule has 5 nitrogen and oxygen atoms in total. The molecule has 6 heteroatoms. The first-order valence-electron chi connectivity index (χ1n) is 8.23. The predicted molar refractivity (Wildman–Crippen MR) is 97.3 cm³/mol. The molecule has 2 amide bonds. The van der Waals surface area contributed by atoms with Gasteiger partial charge in [-0.25, -0.2) is 9.78 Å². The van der Waals surface area contributed by atoms with Gasteiger partial charge in [0.15, 0.2) is 0 Å². The Hall–Kier alpha value is -1.92. The second kappa shape index (κ2) is 9.39. The minimum atomic E-state index is -0.180. The highest BCUT2D eigenvalue weighted by Crippen LogP contribution is 2.18. The highest BCUT2D eigenvalue weighted by Gasteiger charge is 2.14. The molecular formula is C18H25N3O2S. The summed E-state index contributed by atoms with van der Waals surface area (Å²) < 4.78 is 0. The molecule has 1 aromatic carbocycles. The third-order valence-electron chi connectivity index (χ3n) is 3.80. The Morgan fingerprint density at radius 3 is 2.67 bits per heavy atom. The summed E-state index contributed by atoms with van der Waals surface area (Å²) in [5.74, 6) is 0. The quantitative estimate of drug-likeness (QED) is 0.687. The molecule has 0 saturated carbocycles. The number of amides is 2. The van der Waals surface area contributed by atoms with E-state index in [9.17, 15) is 4.79 Å². The molecule has 0 radical (unpaired) electrons. The summed E-state index contributed by atoms with van der Waals surface area (Å²) in [6.45, 7) is 4.69. The molecule has 1 heterocycles. The first-order chi connectivity index (χ1) is 11.6. The van der Waals surface area contributed by atoms with E-state index in [2.05, 4.69) is 15.6 Å². The number of hydrogen-bond donors (Lipinski definition) is 3. The highest BCUT2D eigenvalue weighted by atomic mass is 32.1. The van der Waals surface area contributed by atoms with Crippen LogP contribution in [0.2, 0.25) is 0 Å². The van der Waals surface area contributed by atoms with Crippen molar-refractivity contribution in [1.29, 1.82) is 0 Å². The van der Waals surface area contributed by atoms with Crippen LogP contribution in [0.4, 0.5) is 4.79 Å². The number of aliphatic hydroxyl groups is 1. The van der Waals surface area contributed by atoms with Crippen molar-refractivity contribution in [2.24, 2.45) is 0 Å². The first-order valence-corrected chi connectivity index (χ1v) is 9.05.